The van der Waals surface area contributed by atoms with Crippen molar-refractivity contribution in [2.45, 2.75) is 24.8 Å². The number of carbonyl (C=O) groups excluding carboxylic acids is 1. The zero-order valence-electron chi connectivity index (χ0n) is 10.5. The normalized spacial score (nSPS) is 19.3. The second-order valence-electron chi connectivity index (χ2n) is 4.77. The molecule has 2 aliphatic rings. The molecule has 18 heavy (non-hydrogen) atoms. The first-order valence-corrected chi connectivity index (χ1v) is 6.04. The molecule has 5 heteroatoms. The molecular weight excluding hydrogens is 232 g/mol. The molecule has 0 unspecified atom stereocenters. The van der Waals surface area contributed by atoms with Crippen LogP contribution in [0.5, 0.6) is 11.5 Å². The van der Waals surface area contributed by atoms with Crippen LogP contribution >= 0.6 is 0 Å². The average molecular weight is 248 g/mol. The molecule has 1 aromatic carbocycles. The van der Waals surface area contributed by atoms with Gasteiger partial charge in [-0.05, 0) is 19.3 Å². The summed E-state index contributed by atoms with van der Waals surface area (Å²) in [5.74, 6) is 1.32. The molecule has 1 aromatic rings. The van der Waals surface area contributed by atoms with Crippen LogP contribution in [0.25, 0.3) is 0 Å². The fraction of sp³-hybridized carbons (Fsp3) is 0.462. The summed E-state index contributed by atoms with van der Waals surface area (Å²) in [5, 5.41) is 6.28. The maximum Gasteiger partial charge on any atom is 0.250 e. The van der Waals surface area contributed by atoms with Gasteiger partial charge in [-0.15, -0.1) is 0 Å². The van der Waals surface area contributed by atoms with Crippen molar-refractivity contribution in [3.05, 3.63) is 12.1 Å². The molecule has 0 aromatic heterocycles. The van der Waals surface area contributed by atoms with Gasteiger partial charge in [0.05, 0.1) is 25.6 Å². The van der Waals surface area contributed by atoms with E-state index < -0.39 is 5.54 Å². The smallest absolute Gasteiger partial charge is 0.250 e. The van der Waals surface area contributed by atoms with Gasteiger partial charge in [-0.1, -0.05) is 0 Å². The van der Waals surface area contributed by atoms with Crippen molar-refractivity contribution in [3.63, 3.8) is 0 Å². The van der Waals surface area contributed by atoms with E-state index in [0.717, 1.165) is 30.6 Å². The van der Waals surface area contributed by atoms with E-state index in [1.807, 2.05) is 6.07 Å². The van der Waals surface area contributed by atoms with E-state index in [9.17, 15) is 4.79 Å². The minimum absolute atomic E-state index is 0.0495. The lowest BCUT2D eigenvalue weighted by Gasteiger charge is -2.45. The van der Waals surface area contributed by atoms with Crippen LogP contribution < -0.4 is 20.1 Å². The Morgan fingerprint density at radius 1 is 1.11 bits per heavy atom. The summed E-state index contributed by atoms with van der Waals surface area (Å²) in [6.07, 6.45) is 2.85. The molecule has 1 heterocycles. The standard InChI is InChI=1S/C13H16N2O3/c1-17-10-6-8-9(7-11(10)18-2)15-13(4-3-5-13)12(16)14-8/h6-7,15H,3-5H2,1-2H3,(H,14,16). The van der Waals surface area contributed by atoms with Crippen LogP contribution in [0.2, 0.25) is 0 Å². The maximum absolute atomic E-state index is 12.1. The van der Waals surface area contributed by atoms with Gasteiger partial charge in [-0.3, -0.25) is 4.79 Å². The minimum atomic E-state index is -0.410. The topological polar surface area (TPSA) is 59.6 Å². The number of benzene rings is 1. The molecule has 1 aliphatic carbocycles. The van der Waals surface area contributed by atoms with Crippen LogP contribution in [-0.4, -0.2) is 25.7 Å². The number of ether oxygens (including phenoxy) is 2. The molecule has 3 rings (SSSR count). The Labute approximate surface area is 105 Å². The van der Waals surface area contributed by atoms with Crippen LogP contribution in [0.3, 0.4) is 0 Å². The number of nitrogens with one attached hydrogen (secondary N) is 2. The molecule has 1 saturated carbocycles. The molecule has 96 valence electrons. The van der Waals surface area contributed by atoms with Crippen LogP contribution in [0.1, 0.15) is 19.3 Å². The Kier molecular flexibility index (Phi) is 2.36. The SMILES string of the molecule is COc1cc2c(cc1OC)NC1(CCC1)C(=O)N2. The molecular formula is C13H16N2O3. The van der Waals surface area contributed by atoms with Crippen molar-refractivity contribution >= 4 is 17.3 Å². The third-order valence-electron chi connectivity index (χ3n) is 3.79. The number of rotatable bonds is 2. The fourth-order valence-electron chi connectivity index (χ4n) is 2.52. The summed E-state index contributed by atoms with van der Waals surface area (Å²) in [6, 6.07) is 3.65. The number of anilines is 2. The molecule has 1 spiro atoms. The van der Waals surface area contributed by atoms with Gasteiger partial charge in [0, 0.05) is 12.1 Å². The fourth-order valence-corrected chi connectivity index (χ4v) is 2.52. The predicted molar refractivity (Wildman–Crippen MR) is 68.4 cm³/mol. The summed E-state index contributed by atoms with van der Waals surface area (Å²) >= 11 is 0. The Hall–Kier alpha value is -1.91. The van der Waals surface area contributed by atoms with Gasteiger partial charge in [-0.2, -0.15) is 0 Å². The lowest BCUT2D eigenvalue weighted by molar-refractivity contribution is -0.123. The van der Waals surface area contributed by atoms with E-state index in [4.69, 9.17) is 9.47 Å². The van der Waals surface area contributed by atoms with Gasteiger partial charge in [0.15, 0.2) is 11.5 Å². The second kappa shape index (κ2) is 3.80. The Balaban J connectivity index is 2.02. The second-order valence-corrected chi connectivity index (χ2v) is 4.77. The molecule has 0 bridgehead atoms. The van der Waals surface area contributed by atoms with Crippen molar-refractivity contribution < 1.29 is 14.3 Å². The number of fused-ring (bicyclic) bond motifs is 1. The minimum Gasteiger partial charge on any atom is -0.493 e. The van der Waals surface area contributed by atoms with Crippen LogP contribution in [-0.2, 0) is 4.79 Å². The first-order chi connectivity index (χ1) is 8.68. The van der Waals surface area contributed by atoms with Crippen LogP contribution in [0.4, 0.5) is 11.4 Å². The number of hydrogen-bond acceptors (Lipinski definition) is 4. The first-order valence-electron chi connectivity index (χ1n) is 6.04. The highest BCUT2D eigenvalue weighted by molar-refractivity contribution is 6.07. The van der Waals surface area contributed by atoms with Crippen molar-refractivity contribution in [2.75, 3.05) is 24.9 Å². The third kappa shape index (κ3) is 1.43. The number of methoxy groups -OCH3 is 2. The third-order valence-corrected chi connectivity index (χ3v) is 3.79. The molecule has 1 fully saturated rings. The lowest BCUT2D eigenvalue weighted by atomic mass is 9.74. The van der Waals surface area contributed by atoms with E-state index >= 15 is 0 Å². The Morgan fingerprint density at radius 2 is 1.72 bits per heavy atom. The average Bonchev–Trinajstić information content (AvgIpc) is 2.34. The van der Waals surface area contributed by atoms with Gasteiger partial charge in [0.25, 0.3) is 0 Å². The first kappa shape index (κ1) is 11.2. The summed E-state index contributed by atoms with van der Waals surface area (Å²) in [4.78, 5) is 12.1. The number of hydrogen-bond donors (Lipinski definition) is 2. The molecule has 0 atom stereocenters. The Bertz CT molecular complexity index is 509. The van der Waals surface area contributed by atoms with E-state index in [0.29, 0.717) is 11.5 Å². The van der Waals surface area contributed by atoms with Gasteiger partial charge < -0.3 is 20.1 Å². The van der Waals surface area contributed by atoms with E-state index in [-0.39, 0.29) is 5.91 Å². The van der Waals surface area contributed by atoms with E-state index in [1.165, 1.54) is 0 Å². The molecule has 1 amide bonds. The summed E-state index contributed by atoms with van der Waals surface area (Å²) in [7, 11) is 3.18. The number of amides is 1. The van der Waals surface area contributed by atoms with E-state index in [1.54, 1.807) is 20.3 Å². The molecule has 0 saturated heterocycles. The summed E-state index contributed by atoms with van der Waals surface area (Å²) in [5.41, 5.74) is 1.23. The van der Waals surface area contributed by atoms with Gasteiger partial charge in [0.2, 0.25) is 5.91 Å². The molecule has 2 N–H and O–H groups in total. The zero-order chi connectivity index (χ0) is 12.8. The largest absolute Gasteiger partial charge is 0.493 e. The maximum atomic E-state index is 12.1. The van der Waals surface area contributed by atoms with Gasteiger partial charge in [-0.25, -0.2) is 0 Å². The zero-order valence-corrected chi connectivity index (χ0v) is 10.5. The summed E-state index contributed by atoms with van der Waals surface area (Å²) < 4.78 is 10.5. The van der Waals surface area contributed by atoms with Crippen molar-refractivity contribution in [2.24, 2.45) is 0 Å². The highest BCUT2D eigenvalue weighted by atomic mass is 16.5. The quantitative estimate of drug-likeness (QED) is 0.840. The molecule has 0 radical (unpaired) electrons. The highest BCUT2D eigenvalue weighted by Gasteiger charge is 2.47. The lowest BCUT2D eigenvalue weighted by Crippen LogP contribution is -2.57. The highest BCUT2D eigenvalue weighted by Crippen LogP contribution is 2.45. The van der Waals surface area contributed by atoms with Crippen molar-refractivity contribution in [1.82, 2.24) is 0 Å². The van der Waals surface area contributed by atoms with Gasteiger partial charge >= 0.3 is 0 Å². The van der Waals surface area contributed by atoms with Gasteiger partial charge in [0.1, 0.15) is 5.54 Å². The van der Waals surface area contributed by atoms with E-state index in [2.05, 4.69) is 10.6 Å². The van der Waals surface area contributed by atoms with Crippen LogP contribution in [0.15, 0.2) is 12.1 Å². The predicted octanol–water partition coefficient (Wildman–Crippen LogP) is 1.99. The molecule has 5 nitrogen and oxygen atoms in total. The monoisotopic (exact) mass is 248 g/mol. The molecule has 1 aliphatic heterocycles. The van der Waals surface area contributed by atoms with Crippen molar-refractivity contribution in [1.29, 1.82) is 0 Å². The van der Waals surface area contributed by atoms with Crippen molar-refractivity contribution in [3.8, 4) is 11.5 Å². The Morgan fingerprint density at radius 3 is 2.22 bits per heavy atom. The number of carbonyl (C=O) groups is 1. The summed E-state index contributed by atoms with van der Waals surface area (Å²) in [6.45, 7) is 0. The van der Waals surface area contributed by atoms with Crippen LogP contribution in [0, 0.1) is 0 Å².